The molecule has 0 aliphatic carbocycles. The molecule has 0 saturated carbocycles. The Bertz CT molecular complexity index is 457. The van der Waals surface area contributed by atoms with E-state index in [2.05, 4.69) is 4.72 Å². The quantitative estimate of drug-likeness (QED) is 0.764. The maximum atomic E-state index is 11.0. The predicted octanol–water partition coefficient (Wildman–Crippen LogP) is 1.60. The van der Waals surface area contributed by atoms with Gasteiger partial charge in [-0.2, -0.15) is 0 Å². The second kappa shape index (κ2) is 3.67. The summed E-state index contributed by atoms with van der Waals surface area (Å²) in [5.41, 5.74) is 7.08. The van der Waals surface area contributed by atoms with Crippen LogP contribution in [0.5, 0.6) is 0 Å². The van der Waals surface area contributed by atoms with Crippen molar-refractivity contribution >= 4 is 33.0 Å². The Morgan fingerprint density at radius 1 is 1.43 bits per heavy atom. The van der Waals surface area contributed by atoms with Gasteiger partial charge >= 0.3 is 0 Å². The van der Waals surface area contributed by atoms with Crippen molar-refractivity contribution in [3.05, 3.63) is 22.7 Å². The molecule has 0 atom stereocenters. The first kappa shape index (κ1) is 11.1. The molecule has 0 fully saturated rings. The summed E-state index contributed by atoms with van der Waals surface area (Å²) in [6.45, 7) is 1.75. The van der Waals surface area contributed by atoms with E-state index in [1.165, 1.54) is 6.07 Å². The number of benzene rings is 1. The van der Waals surface area contributed by atoms with E-state index >= 15 is 0 Å². The number of nitrogen functional groups attached to an aromatic ring is 1. The van der Waals surface area contributed by atoms with E-state index in [1.807, 2.05) is 0 Å². The smallest absolute Gasteiger partial charge is 0.229 e. The van der Waals surface area contributed by atoms with Crippen molar-refractivity contribution in [3.8, 4) is 0 Å². The van der Waals surface area contributed by atoms with Gasteiger partial charge in [0.05, 0.1) is 22.7 Å². The number of nitrogens with two attached hydrogens (primary N) is 1. The minimum absolute atomic E-state index is 0.350. The fourth-order valence-corrected chi connectivity index (χ4v) is 1.84. The first-order valence-corrected chi connectivity index (χ1v) is 6.10. The standard InChI is InChI=1S/C8H11ClN2O2S/c1-5-3-6(9)7(10)4-8(5)11-14(2,12)13/h3-4,11H,10H2,1-2H3. The number of hydrogen-bond acceptors (Lipinski definition) is 3. The zero-order valence-electron chi connectivity index (χ0n) is 7.83. The molecule has 0 amide bonds. The molecule has 0 unspecified atom stereocenters. The Morgan fingerprint density at radius 2 is 2.00 bits per heavy atom. The molecular weight excluding hydrogens is 224 g/mol. The lowest BCUT2D eigenvalue weighted by molar-refractivity contribution is 0.607. The molecule has 0 spiro atoms. The van der Waals surface area contributed by atoms with Crippen LogP contribution in [0.2, 0.25) is 5.02 Å². The van der Waals surface area contributed by atoms with Crippen LogP contribution in [0, 0.1) is 6.92 Å². The summed E-state index contributed by atoms with van der Waals surface area (Å²) in [4.78, 5) is 0. The van der Waals surface area contributed by atoms with Crippen LogP contribution in [0.3, 0.4) is 0 Å². The maximum Gasteiger partial charge on any atom is 0.229 e. The van der Waals surface area contributed by atoms with E-state index in [9.17, 15) is 8.42 Å². The summed E-state index contributed by atoms with van der Waals surface area (Å²) in [5.74, 6) is 0. The van der Waals surface area contributed by atoms with Gasteiger partial charge in [0, 0.05) is 0 Å². The number of sulfonamides is 1. The van der Waals surface area contributed by atoms with Crippen LogP contribution in [0.25, 0.3) is 0 Å². The van der Waals surface area contributed by atoms with Crippen molar-refractivity contribution < 1.29 is 8.42 Å². The van der Waals surface area contributed by atoms with Crippen LogP contribution in [0.4, 0.5) is 11.4 Å². The average molecular weight is 235 g/mol. The van der Waals surface area contributed by atoms with Gasteiger partial charge in [0.2, 0.25) is 10.0 Å². The number of aryl methyl sites for hydroxylation is 1. The second-order valence-electron chi connectivity index (χ2n) is 3.06. The molecule has 0 heterocycles. The number of rotatable bonds is 2. The highest BCUT2D eigenvalue weighted by Gasteiger charge is 2.07. The summed E-state index contributed by atoms with van der Waals surface area (Å²) in [5, 5.41) is 0.418. The monoisotopic (exact) mass is 234 g/mol. The highest BCUT2D eigenvalue weighted by Crippen LogP contribution is 2.26. The third-order valence-corrected chi connectivity index (χ3v) is 2.56. The van der Waals surface area contributed by atoms with Gasteiger partial charge in [0.1, 0.15) is 0 Å². The first-order valence-electron chi connectivity index (χ1n) is 3.83. The zero-order valence-corrected chi connectivity index (χ0v) is 9.41. The molecule has 0 saturated heterocycles. The molecule has 78 valence electrons. The molecule has 14 heavy (non-hydrogen) atoms. The van der Waals surface area contributed by atoms with Crippen molar-refractivity contribution in [2.24, 2.45) is 0 Å². The minimum Gasteiger partial charge on any atom is -0.397 e. The fourth-order valence-electron chi connectivity index (χ4n) is 0.999. The Labute approximate surface area is 88.1 Å². The molecule has 1 rings (SSSR count). The second-order valence-corrected chi connectivity index (χ2v) is 5.22. The largest absolute Gasteiger partial charge is 0.397 e. The molecule has 3 N–H and O–H groups in total. The number of anilines is 2. The van der Waals surface area contributed by atoms with Gasteiger partial charge in [-0.3, -0.25) is 4.72 Å². The van der Waals surface area contributed by atoms with Crippen LogP contribution in [0.15, 0.2) is 12.1 Å². The number of nitrogens with one attached hydrogen (secondary N) is 1. The lowest BCUT2D eigenvalue weighted by atomic mass is 10.2. The molecule has 4 nitrogen and oxygen atoms in total. The molecule has 0 radical (unpaired) electrons. The lowest BCUT2D eigenvalue weighted by Gasteiger charge is -2.09. The van der Waals surface area contributed by atoms with E-state index in [4.69, 9.17) is 17.3 Å². The van der Waals surface area contributed by atoms with Gasteiger partial charge in [0.15, 0.2) is 0 Å². The van der Waals surface area contributed by atoms with Crippen molar-refractivity contribution in [1.29, 1.82) is 0 Å². The topological polar surface area (TPSA) is 72.2 Å². The Balaban J connectivity index is 3.17. The average Bonchev–Trinajstić information content (AvgIpc) is 1.97. The highest BCUT2D eigenvalue weighted by atomic mass is 35.5. The zero-order chi connectivity index (χ0) is 10.9. The summed E-state index contributed by atoms with van der Waals surface area (Å²) < 4.78 is 24.3. The molecule has 0 bridgehead atoms. The van der Waals surface area contributed by atoms with E-state index in [-0.39, 0.29) is 0 Å². The molecule has 0 aromatic heterocycles. The predicted molar refractivity (Wildman–Crippen MR) is 59.1 cm³/mol. The molecule has 0 aliphatic heterocycles. The van der Waals surface area contributed by atoms with Crippen LogP contribution in [0.1, 0.15) is 5.56 Å². The fraction of sp³-hybridized carbons (Fsp3) is 0.250. The van der Waals surface area contributed by atoms with Crippen LogP contribution in [-0.2, 0) is 10.0 Å². The summed E-state index contributed by atoms with van der Waals surface area (Å²) in [6, 6.07) is 3.11. The molecule has 1 aromatic rings. The van der Waals surface area contributed by atoms with Crippen LogP contribution in [-0.4, -0.2) is 14.7 Å². The van der Waals surface area contributed by atoms with Crippen LogP contribution >= 0.6 is 11.6 Å². The van der Waals surface area contributed by atoms with E-state index in [1.54, 1.807) is 13.0 Å². The molecule has 0 aliphatic rings. The van der Waals surface area contributed by atoms with Gasteiger partial charge in [-0.15, -0.1) is 0 Å². The van der Waals surface area contributed by atoms with Crippen molar-refractivity contribution in [2.75, 3.05) is 16.7 Å². The Hall–Kier alpha value is -0.940. The third-order valence-electron chi connectivity index (χ3n) is 1.64. The molecule has 6 heteroatoms. The van der Waals surface area contributed by atoms with E-state index in [0.29, 0.717) is 16.4 Å². The first-order chi connectivity index (χ1) is 6.29. The maximum absolute atomic E-state index is 11.0. The summed E-state index contributed by atoms with van der Waals surface area (Å²) in [6.07, 6.45) is 1.08. The van der Waals surface area contributed by atoms with E-state index < -0.39 is 10.0 Å². The van der Waals surface area contributed by atoms with Gasteiger partial charge < -0.3 is 5.73 Å². The van der Waals surface area contributed by atoms with Gasteiger partial charge in [-0.05, 0) is 24.6 Å². The van der Waals surface area contributed by atoms with Crippen molar-refractivity contribution in [3.63, 3.8) is 0 Å². The Kier molecular flexibility index (Phi) is 2.92. The SMILES string of the molecule is Cc1cc(Cl)c(N)cc1NS(C)(=O)=O. The van der Waals surface area contributed by atoms with Crippen molar-refractivity contribution in [2.45, 2.75) is 6.92 Å². The minimum atomic E-state index is -3.28. The number of halogens is 1. The van der Waals surface area contributed by atoms with E-state index in [0.717, 1.165) is 11.8 Å². The van der Waals surface area contributed by atoms with Gasteiger partial charge in [0.25, 0.3) is 0 Å². The van der Waals surface area contributed by atoms with Crippen molar-refractivity contribution in [1.82, 2.24) is 0 Å². The number of hydrogen-bond donors (Lipinski definition) is 2. The summed E-state index contributed by atoms with van der Waals surface area (Å²) >= 11 is 5.75. The Morgan fingerprint density at radius 3 is 2.50 bits per heavy atom. The summed E-state index contributed by atoms with van der Waals surface area (Å²) in [7, 11) is -3.28. The van der Waals surface area contributed by atoms with Gasteiger partial charge in [-0.1, -0.05) is 11.6 Å². The van der Waals surface area contributed by atoms with Crippen LogP contribution < -0.4 is 10.5 Å². The highest BCUT2D eigenvalue weighted by molar-refractivity contribution is 7.92. The molecular formula is C8H11ClN2O2S. The normalized spacial score (nSPS) is 11.4. The third kappa shape index (κ3) is 2.78. The van der Waals surface area contributed by atoms with Gasteiger partial charge in [-0.25, -0.2) is 8.42 Å². The lowest BCUT2D eigenvalue weighted by Crippen LogP contribution is -2.10. The molecule has 1 aromatic carbocycles.